The van der Waals surface area contributed by atoms with Crippen LogP contribution in [0, 0.1) is 23.0 Å². The zero-order valence-corrected chi connectivity index (χ0v) is 17.5. The maximum atomic E-state index is 14.3. The summed E-state index contributed by atoms with van der Waals surface area (Å²) in [7, 11) is 1.54. The molecule has 158 valence electrons. The fourth-order valence-electron chi connectivity index (χ4n) is 7.97. The van der Waals surface area contributed by atoms with Gasteiger partial charge in [0.05, 0.1) is 31.1 Å². The Balaban J connectivity index is 1.49. The number of fused-ring (bicyclic) bond motifs is 1. The number of quaternary nitrogens is 1. The molecule has 8 atom stereocenters. The van der Waals surface area contributed by atoms with Crippen molar-refractivity contribution in [1.29, 1.82) is 0 Å². The van der Waals surface area contributed by atoms with Crippen LogP contribution in [0.15, 0.2) is 22.9 Å². The molecule has 0 aliphatic carbocycles. The van der Waals surface area contributed by atoms with Gasteiger partial charge in [0.15, 0.2) is 5.76 Å². The minimum absolute atomic E-state index is 0.00867. The quantitative estimate of drug-likeness (QED) is 0.408. The molecular weight excluding hydrogens is 374 g/mol. The number of hydroxylamine groups is 3. The van der Waals surface area contributed by atoms with Crippen LogP contribution in [0.25, 0.3) is 0 Å². The normalized spacial score (nSPS) is 53.7. The molecule has 0 aromatic heterocycles. The number of nitrogens with zero attached hydrogens (tertiary/aromatic N) is 1. The SMILES string of the molecule is CCCC[C@@]12[C@@H]3C[C@H]4[C@H]5[C@H](C)/C(=C6/OC(=O)C(C)=C6OC)O[C@]5(O3)[C@@H]1CC[N+]42[O-]. The van der Waals surface area contributed by atoms with Crippen molar-refractivity contribution in [3.63, 3.8) is 0 Å². The lowest BCUT2D eigenvalue weighted by molar-refractivity contribution is -0.939. The van der Waals surface area contributed by atoms with Crippen LogP contribution in [-0.2, 0) is 23.7 Å². The maximum Gasteiger partial charge on any atom is 0.343 e. The van der Waals surface area contributed by atoms with E-state index in [0.717, 1.165) is 32.1 Å². The lowest BCUT2D eigenvalue weighted by atomic mass is 9.69. The summed E-state index contributed by atoms with van der Waals surface area (Å²) in [6.07, 6.45) is 4.67. The molecule has 0 saturated carbocycles. The van der Waals surface area contributed by atoms with Crippen LogP contribution in [-0.4, -0.2) is 47.7 Å². The predicted molar refractivity (Wildman–Crippen MR) is 101 cm³/mol. The monoisotopic (exact) mass is 403 g/mol. The van der Waals surface area contributed by atoms with Gasteiger partial charge in [-0.15, -0.1) is 0 Å². The van der Waals surface area contributed by atoms with Crippen molar-refractivity contribution in [3.05, 3.63) is 28.1 Å². The molecule has 0 N–H and O–H groups in total. The van der Waals surface area contributed by atoms with Crippen molar-refractivity contribution in [2.24, 2.45) is 17.8 Å². The Labute approximate surface area is 170 Å². The van der Waals surface area contributed by atoms with Gasteiger partial charge in [-0.1, -0.05) is 20.3 Å². The predicted octanol–water partition coefficient (Wildman–Crippen LogP) is 3.10. The first-order valence-electron chi connectivity index (χ1n) is 11.0. The zero-order chi connectivity index (χ0) is 20.3. The van der Waals surface area contributed by atoms with Crippen molar-refractivity contribution in [1.82, 2.24) is 0 Å². The van der Waals surface area contributed by atoms with Gasteiger partial charge in [0.1, 0.15) is 23.4 Å². The number of allylic oxidation sites excluding steroid dienone is 1. The van der Waals surface area contributed by atoms with Gasteiger partial charge in [0.25, 0.3) is 0 Å². The van der Waals surface area contributed by atoms with Crippen LogP contribution in [0.2, 0.25) is 0 Å². The summed E-state index contributed by atoms with van der Waals surface area (Å²) < 4.78 is 24.3. The molecule has 1 unspecified atom stereocenters. The van der Waals surface area contributed by atoms with Crippen molar-refractivity contribution >= 4 is 5.97 Å². The first-order valence-corrected chi connectivity index (χ1v) is 11.0. The largest absolute Gasteiger partial charge is 0.632 e. The second-order valence-electron chi connectivity index (χ2n) is 9.74. The van der Waals surface area contributed by atoms with Crippen molar-refractivity contribution in [2.45, 2.75) is 76.3 Å². The number of methoxy groups -OCH3 is 1. The van der Waals surface area contributed by atoms with E-state index < -0.39 is 11.8 Å². The van der Waals surface area contributed by atoms with Crippen LogP contribution >= 0.6 is 0 Å². The number of hydrogen-bond donors (Lipinski definition) is 0. The van der Waals surface area contributed by atoms with E-state index in [9.17, 15) is 10.0 Å². The number of carbonyl (C=O) groups excluding carboxylic acids is 1. The standard InChI is InChI=1S/C22H29NO6/c1-5-6-8-21-14-7-9-23(21,25)13-10-15(21)28-22(14)16(13)11(2)18(29-22)19-17(26-4)12(3)20(24)27-19/h11,13-16H,5-10H2,1-4H3/b19-18-/t11-,13-,14+,15-,16+,21-,22+,23?/m0/s1. The fraction of sp³-hybridized carbons (Fsp3) is 0.773. The molecular formula is C22H29NO6. The van der Waals surface area contributed by atoms with Gasteiger partial charge in [-0.25, -0.2) is 4.79 Å². The van der Waals surface area contributed by atoms with Gasteiger partial charge >= 0.3 is 5.97 Å². The van der Waals surface area contributed by atoms with E-state index in [1.54, 1.807) is 6.92 Å². The molecule has 5 saturated heterocycles. The van der Waals surface area contributed by atoms with E-state index >= 15 is 0 Å². The molecule has 5 fully saturated rings. The van der Waals surface area contributed by atoms with Crippen LogP contribution in [0.1, 0.15) is 52.9 Å². The van der Waals surface area contributed by atoms with Gasteiger partial charge in [-0.3, -0.25) is 0 Å². The van der Waals surface area contributed by atoms with Gasteiger partial charge in [0, 0.05) is 25.2 Å². The molecule has 6 aliphatic rings. The zero-order valence-electron chi connectivity index (χ0n) is 17.5. The fourth-order valence-corrected chi connectivity index (χ4v) is 7.97. The highest BCUT2D eigenvalue weighted by atomic mass is 16.7. The number of ether oxygens (including phenoxy) is 4. The second kappa shape index (κ2) is 5.37. The third-order valence-electron chi connectivity index (χ3n) is 8.93. The average Bonchev–Trinajstić information content (AvgIpc) is 3.37. The van der Waals surface area contributed by atoms with Gasteiger partial charge in [-0.2, -0.15) is 0 Å². The van der Waals surface area contributed by atoms with Crippen LogP contribution in [0.3, 0.4) is 0 Å². The molecule has 5 bridgehead atoms. The topological polar surface area (TPSA) is 77.1 Å². The van der Waals surface area contributed by atoms with E-state index in [1.165, 1.54) is 7.11 Å². The van der Waals surface area contributed by atoms with Crippen LogP contribution in [0.4, 0.5) is 0 Å². The number of esters is 1. The van der Waals surface area contributed by atoms with Gasteiger partial charge in [0.2, 0.25) is 11.5 Å². The molecule has 6 heterocycles. The lowest BCUT2D eigenvalue weighted by Gasteiger charge is -2.57. The van der Waals surface area contributed by atoms with E-state index in [4.69, 9.17) is 18.9 Å². The molecule has 6 rings (SSSR count). The summed E-state index contributed by atoms with van der Waals surface area (Å²) in [5.41, 5.74) is 0.0869. The summed E-state index contributed by atoms with van der Waals surface area (Å²) in [5, 5.41) is 14.3. The first kappa shape index (κ1) is 18.2. The molecule has 0 aromatic rings. The molecule has 7 nitrogen and oxygen atoms in total. The first-order chi connectivity index (χ1) is 13.9. The number of cyclic esters (lactones) is 1. The van der Waals surface area contributed by atoms with Crippen molar-refractivity contribution in [3.8, 4) is 0 Å². The number of rotatable bonds is 4. The Kier molecular flexibility index (Phi) is 3.37. The molecule has 6 aliphatic heterocycles. The molecule has 0 radical (unpaired) electrons. The number of piperidine rings is 1. The highest BCUT2D eigenvalue weighted by Gasteiger charge is 2.89. The van der Waals surface area contributed by atoms with Gasteiger partial charge in [-0.05, 0) is 13.3 Å². The Hall–Kier alpha value is -1.57. The summed E-state index contributed by atoms with van der Waals surface area (Å²) >= 11 is 0. The van der Waals surface area contributed by atoms with Crippen LogP contribution < -0.4 is 0 Å². The maximum absolute atomic E-state index is 14.3. The molecule has 29 heavy (non-hydrogen) atoms. The van der Waals surface area contributed by atoms with E-state index in [0.29, 0.717) is 29.4 Å². The highest BCUT2D eigenvalue weighted by molar-refractivity contribution is 5.93. The smallest absolute Gasteiger partial charge is 0.343 e. The van der Waals surface area contributed by atoms with Crippen LogP contribution in [0.5, 0.6) is 0 Å². The molecule has 1 spiro atoms. The lowest BCUT2D eigenvalue weighted by Crippen LogP contribution is -2.68. The molecule has 7 heteroatoms. The number of hydrogen-bond acceptors (Lipinski definition) is 6. The second-order valence-corrected chi connectivity index (χ2v) is 9.74. The molecule has 0 amide bonds. The summed E-state index contributed by atoms with van der Waals surface area (Å²) in [6.45, 7) is 6.63. The third-order valence-corrected chi connectivity index (χ3v) is 8.93. The van der Waals surface area contributed by atoms with E-state index in [2.05, 4.69) is 13.8 Å². The number of carbonyl (C=O) groups is 1. The molecule has 0 aromatic carbocycles. The van der Waals surface area contributed by atoms with Crippen molar-refractivity contribution < 1.29 is 28.4 Å². The van der Waals surface area contributed by atoms with E-state index in [1.807, 2.05) is 0 Å². The Morgan fingerprint density at radius 1 is 1.38 bits per heavy atom. The summed E-state index contributed by atoms with van der Waals surface area (Å²) in [4.78, 5) is 12.2. The Morgan fingerprint density at radius 2 is 2.17 bits per heavy atom. The summed E-state index contributed by atoms with van der Waals surface area (Å²) in [5.74, 6) is 0.297. The third kappa shape index (κ3) is 1.70. The minimum atomic E-state index is -0.756. The highest BCUT2D eigenvalue weighted by Crippen LogP contribution is 2.75. The average molecular weight is 403 g/mol. The number of unbranched alkanes of at least 4 members (excludes halogenated alkanes) is 1. The Bertz CT molecular complexity index is 881. The minimum Gasteiger partial charge on any atom is -0.632 e. The van der Waals surface area contributed by atoms with Crippen molar-refractivity contribution in [2.75, 3.05) is 13.7 Å². The van der Waals surface area contributed by atoms with Gasteiger partial charge < -0.3 is 28.8 Å². The van der Waals surface area contributed by atoms with E-state index in [-0.39, 0.29) is 40.1 Å². The Morgan fingerprint density at radius 3 is 2.90 bits per heavy atom. The summed E-state index contributed by atoms with van der Waals surface area (Å²) in [6, 6.07) is -0.00867.